The Balaban J connectivity index is 2.13. The molecule has 0 heterocycles. The molecule has 202 valence electrons. The summed E-state index contributed by atoms with van der Waals surface area (Å²) >= 11 is 0. The normalized spacial score (nSPS) is 18.3. The molecule has 0 radical (unpaired) electrons. The van der Waals surface area contributed by atoms with Crippen LogP contribution in [-0.2, 0) is 12.8 Å². The summed E-state index contributed by atoms with van der Waals surface area (Å²) in [6.45, 7) is 3.80. The van der Waals surface area contributed by atoms with E-state index in [0.29, 0.717) is 52.5 Å². The summed E-state index contributed by atoms with van der Waals surface area (Å²) in [5.74, 6) is 1.36. The third-order valence-electron chi connectivity index (χ3n) is 7.21. The summed E-state index contributed by atoms with van der Waals surface area (Å²) in [6, 6.07) is 12.4. The first kappa shape index (κ1) is 27.1. The third-order valence-corrected chi connectivity index (χ3v) is 7.21. The fourth-order valence-electron chi connectivity index (χ4n) is 5.00. The van der Waals surface area contributed by atoms with Gasteiger partial charge in [-0.25, -0.2) is 4.79 Å². The quantitative estimate of drug-likeness (QED) is 0.338. The molecule has 0 saturated carbocycles. The summed E-state index contributed by atoms with van der Waals surface area (Å²) in [7, 11) is 7.63. The van der Waals surface area contributed by atoms with E-state index >= 15 is 0 Å². The monoisotopic (exact) mass is 522 g/mol. The molecule has 0 amide bonds. The number of rotatable bonds is 7. The second-order valence-electron chi connectivity index (χ2n) is 9.55. The number of fused-ring (bicyclic) bond motifs is 3. The smallest absolute Gasteiger partial charge is 0.343 e. The minimum atomic E-state index is -1.06. The van der Waals surface area contributed by atoms with E-state index in [1.165, 1.54) is 28.4 Å². The Kier molecular flexibility index (Phi) is 7.73. The maximum atomic E-state index is 13.3. The molecule has 0 saturated heterocycles. The molecule has 3 aromatic carbocycles. The Morgan fingerprint density at radius 2 is 1.32 bits per heavy atom. The molecule has 0 bridgehead atoms. The Labute approximate surface area is 223 Å². The SMILES string of the molecule is COc1cc2c(c(OC)c1OC)-c1c(cc(OC)c(OC)c1OC(=O)c1ccccc1)C[C@H](C)[C@@](C)(O)C2. The van der Waals surface area contributed by atoms with Gasteiger partial charge in [-0.1, -0.05) is 25.1 Å². The minimum Gasteiger partial charge on any atom is -0.493 e. The molecule has 3 aromatic rings. The minimum absolute atomic E-state index is 0.163. The lowest BCUT2D eigenvalue weighted by Gasteiger charge is -2.36. The van der Waals surface area contributed by atoms with E-state index in [1.807, 2.05) is 32.0 Å². The van der Waals surface area contributed by atoms with E-state index in [0.717, 1.165) is 11.1 Å². The van der Waals surface area contributed by atoms with Crippen LogP contribution in [0.15, 0.2) is 42.5 Å². The van der Waals surface area contributed by atoms with Gasteiger partial charge in [-0.3, -0.25) is 0 Å². The molecular formula is C30H34O8. The van der Waals surface area contributed by atoms with Crippen LogP contribution < -0.4 is 28.4 Å². The van der Waals surface area contributed by atoms with Gasteiger partial charge in [-0.05, 0) is 54.7 Å². The van der Waals surface area contributed by atoms with Crippen molar-refractivity contribution in [2.75, 3.05) is 35.5 Å². The van der Waals surface area contributed by atoms with Crippen molar-refractivity contribution in [3.63, 3.8) is 0 Å². The van der Waals surface area contributed by atoms with E-state index < -0.39 is 11.6 Å². The average molecular weight is 523 g/mol. The summed E-state index contributed by atoms with van der Waals surface area (Å²) in [5, 5.41) is 11.5. The molecular weight excluding hydrogens is 488 g/mol. The van der Waals surface area contributed by atoms with Crippen LogP contribution in [0, 0.1) is 5.92 Å². The third kappa shape index (κ3) is 4.72. The zero-order valence-electron chi connectivity index (χ0n) is 22.8. The van der Waals surface area contributed by atoms with Crippen LogP contribution in [0.4, 0.5) is 0 Å². The molecule has 38 heavy (non-hydrogen) atoms. The lowest BCUT2D eigenvalue weighted by molar-refractivity contribution is 0.00625. The summed E-state index contributed by atoms with van der Waals surface area (Å²) in [5.41, 5.74) is 2.06. The highest BCUT2D eigenvalue weighted by molar-refractivity contribution is 5.95. The average Bonchev–Trinajstić information content (AvgIpc) is 2.92. The highest BCUT2D eigenvalue weighted by Crippen LogP contribution is 2.56. The highest BCUT2D eigenvalue weighted by Gasteiger charge is 2.38. The van der Waals surface area contributed by atoms with Crippen molar-refractivity contribution in [1.82, 2.24) is 0 Å². The number of benzene rings is 3. The molecule has 1 aliphatic rings. The first-order valence-corrected chi connectivity index (χ1v) is 12.3. The van der Waals surface area contributed by atoms with Gasteiger partial charge in [-0.15, -0.1) is 0 Å². The van der Waals surface area contributed by atoms with Crippen LogP contribution in [0.25, 0.3) is 11.1 Å². The van der Waals surface area contributed by atoms with E-state index in [1.54, 1.807) is 31.4 Å². The number of methoxy groups -OCH3 is 5. The summed E-state index contributed by atoms with van der Waals surface area (Å²) < 4.78 is 34.7. The number of hydrogen-bond acceptors (Lipinski definition) is 8. The van der Waals surface area contributed by atoms with E-state index in [-0.39, 0.29) is 17.4 Å². The number of hydrogen-bond donors (Lipinski definition) is 1. The Morgan fingerprint density at radius 3 is 1.87 bits per heavy atom. The fourth-order valence-corrected chi connectivity index (χ4v) is 5.00. The van der Waals surface area contributed by atoms with Crippen molar-refractivity contribution in [2.24, 2.45) is 5.92 Å². The van der Waals surface area contributed by atoms with Crippen molar-refractivity contribution in [3.05, 3.63) is 59.2 Å². The predicted octanol–water partition coefficient (Wildman–Crippen LogP) is 5.10. The van der Waals surface area contributed by atoms with Gasteiger partial charge in [0.25, 0.3) is 0 Å². The number of ether oxygens (including phenoxy) is 6. The van der Waals surface area contributed by atoms with Gasteiger partial charge in [0.1, 0.15) is 0 Å². The topological polar surface area (TPSA) is 92.7 Å². The predicted molar refractivity (Wildman–Crippen MR) is 143 cm³/mol. The zero-order valence-corrected chi connectivity index (χ0v) is 22.8. The van der Waals surface area contributed by atoms with E-state index in [4.69, 9.17) is 28.4 Å². The number of aliphatic hydroxyl groups is 1. The van der Waals surface area contributed by atoms with Crippen LogP contribution in [0.2, 0.25) is 0 Å². The lowest BCUT2D eigenvalue weighted by atomic mass is 9.75. The maximum absolute atomic E-state index is 13.3. The molecule has 0 aromatic heterocycles. The van der Waals surface area contributed by atoms with Crippen LogP contribution in [0.3, 0.4) is 0 Å². The molecule has 1 N–H and O–H groups in total. The highest BCUT2D eigenvalue weighted by atomic mass is 16.6. The number of carbonyl (C=O) groups is 1. The Hall–Kier alpha value is -3.91. The number of carbonyl (C=O) groups excluding carboxylic acids is 1. The largest absolute Gasteiger partial charge is 0.493 e. The van der Waals surface area contributed by atoms with Gasteiger partial charge < -0.3 is 33.5 Å². The molecule has 0 fully saturated rings. The van der Waals surface area contributed by atoms with Crippen molar-refractivity contribution in [2.45, 2.75) is 32.3 Å². The van der Waals surface area contributed by atoms with Gasteiger partial charge in [0.15, 0.2) is 23.0 Å². The molecule has 2 atom stereocenters. The Bertz CT molecular complexity index is 1330. The number of esters is 1. The Morgan fingerprint density at radius 1 is 0.789 bits per heavy atom. The molecule has 8 heteroatoms. The van der Waals surface area contributed by atoms with Gasteiger partial charge in [-0.2, -0.15) is 0 Å². The molecule has 0 unspecified atom stereocenters. The molecule has 0 aliphatic heterocycles. The maximum Gasteiger partial charge on any atom is 0.343 e. The van der Waals surface area contributed by atoms with Crippen LogP contribution >= 0.6 is 0 Å². The molecule has 1 aliphatic carbocycles. The van der Waals surface area contributed by atoms with Crippen molar-refractivity contribution >= 4 is 5.97 Å². The van der Waals surface area contributed by atoms with Crippen molar-refractivity contribution in [3.8, 4) is 45.6 Å². The summed E-state index contributed by atoms with van der Waals surface area (Å²) in [6.07, 6.45) is 0.760. The first-order valence-electron chi connectivity index (χ1n) is 12.3. The van der Waals surface area contributed by atoms with Crippen molar-refractivity contribution in [1.29, 1.82) is 0 Å². The van der Waals surface area contributed by atoms with Gasteiger partial charge in [0, 0.05) is 17.5 Å². The van der Waals surface area contributed by atoms with E-state index in [9.17, 15) is 9.90 Å². The zero-order chi connectivity index (χ0) is 27.6. The standard InChI is InChI=1S/C30H34O8/c1-17-13-19-14-21(33-3)26(36-6)28(38-29(31)18-11-9-8-10-12-18)23(19)24-20(16-30(17,2)32)15-22(34-4)25(35-5)27(24)37-7/h8-12,14-15,17,32H,13,16H2,1-7H3/t17-,30-/m0/s1. The fraction of sp³-hybridized carbons (Fsp3) is 0.367. The van der Waals surface area contributed by atoms with E-state index in [2.05, 4.69) is 0 Å². The van der Waals surface area contributed by atoms with Gasteiger partial charge in [0.05, 0.1) is 46.7 Å². The van der Waals surface area contributed by atoms with Crippen LogP contribution in [-0.4, -0.2) is 52.2 Å². The lowest BCUT2D eigenvalue weighted by Crippen LogP contribution is -2.37. The van der Waals surface area contributed by atoms with Crippen LogP contribution in [0.1, 0.15) is 35.3 Å². The molecule has 0 spiro atoms. The molecule has 8 nitrogen and oxygen atoms in total. The molecule has 4 rings (SSSR count). The van der Waals surface area contributed by atoms with Gasteiger partial charge in [0.2, 0.25) is 11.5 Å². The first-order chi connectivity index (χ1) is 18.2. The van der Waals surface area contributed by atoms with Crippen LogP contribution in [0.5, 0.6) is 34.5 Å². The summed E-state index contributed by atoms with van der Waals surface area (Å²) in [4.78, 5) is 13.3. The second-order valence-corrected chi connectivity index (χ2v) is 9.55. The van der Waals surface area contributed by atoms with Gasteiger partial charge >= 0.3 is 5.97 Å². The second kappa shape index (κ2) is 10.8. The van der Waals surface area contributed by atoms with Crippen molar-refractivity contribution < 1.29 is 38.3 Å².